The molecule has 8 nitrogen and oxygen atoms in total. The summed E-state index contributed by atoms with van der Waals surface area (Å²) in [5, 5.41) is 3.43. The molecule has 2 aromatic carbocycles. The van der Waals surface area contributed by atoms with Crippen LogP contribution in [0.15, 0.2) is 48.5 Å². The number of carbonyl (C=O) groups is 3. The van der Waals surface area contributed by atoms with Crippen molar-refractivity contribution in [1.29, 1.82) is 0 Å². The zero-order chi connectivity index (χ0) is 25.1. The molecule has 0 saturated heterocycles. The van der Waals surface area contributed by atoms with Crippen molar-refractivity contribution in [3.05, 3.63) is 64.7 Å². The first-order valence-electron chi connectivity index (χ1n) is 11.0. The second kappa shape index (κ2) is 13.0. The highest BCUT2D eigenvalue weighted by Crippen LogP contribution is 2.20. The molecule has 9 heteroatoms. The van der Waals surface area contributed by atoms with E-state index in [0.29, 0.717) is 35.7 Å². The third-order valence-corrected chi connectivity index (χ3v) is 5.35. The molecule has 0 fully saturated rings. The fourth-order valence-corrected chi connectivity index (χ4v) is 3.07. The highest BCUT2D eigenvalue weighted by molar-refractivity contribution is 6.30. The lowest BCUT2D eigenvalue weighted by Gasteiger charge is -2.24. The number of nitrogens with two attached hydrogens (primary N) is 1. The Hall–Kier alpha value is -3.10. The maximum absolute atomic E-state index is 12.4. The van der Waals surface area contributed by atoms with E-state index in [0.717, 1.165) is 5.56 Å². The summed E-state index contributed by atoms with van der Waals surface area (Å²) in [6.45, 7) is 5.08. The van der Waals surface area contributed by atoms with Crippen LogP contribution in [0.5, 0.6) is 5.75 Å². The summed E-state index contributed by atoms with van der Waals surface area (Å²) in [6.07, 6.45) is 1.17. The second-order valence-corrected chi connectivity index (χ2v) is 8.56. The normalized spacial score (nSPS) is 11.9. The Morgan fingerprint density at radius 1 is 1.03 bits per heavy atom. The summed E-state index contributed by atoms with van der Waals surface area (Å²) in [5.74, 6) is -1.29. The Labute approximate surface area is 204 Å². The zero-order valence-corrected chi connectivity index (χ0v) is 20.4. The molecular weight excluding hydrogens is 460 g/mol. The summed E-state index contributed by atoms with van der Waals surface area (Å²) in [7, 11) is 0. The molecule has 0 heterocycles. The molecule has 0 bridgehead atoms. The molecule has 0 saturated carbocycles. The topological polar surface area (TPSA) is 117 Å². The first kappa shape index (κ1) is 27.1. The minimum Gasteiger partial charge on any atom is -0.476 e. The summed E-state index contributed by atoms with van der Waals surface area (Å²) in [4.78, 5) is 36.3. The van der Waals surface area contributed by atoms with Crippen molar-refractivity contribution in [3.8, 4) is 5.75 Å². The van der Waals surface area contributed by atoms with Gasteiger partial charge in [-0.25, -0.2) is 4.79 Å². The maximum Gasteiger partial charge on any atom is 0.352 e. The van der Waals surface area contributed by atoms with Crippen molar-refractivity contribution in [3.63, 3.8) is 0 Å². The number of hydrogen-bond donors (Lipinski definition) is 2. The van der Waals surface area contributed by atoms with Gasteiger partial charge in [-0.05, 0) is 68.7 Å². The van der Waals surface area contributed by atoms with E-state index in [9.17, 15) is 14.4 Å². The van der Waals surface area contributed by atoms with E-state index < -0.39 is 30.3 Å². The molecule has 0 aliphatic carbocycles. The highest BCUT2D eigenvalue weighted by atomic mass is 35.5. The largest absolute Gasteiger partial charge is 0.476 e. The number of esters is 2. The number of benzene rings is 2. The predicted octanol–water partition coefficient (Wildman–Crippen LogP) is 3.50. The molecule has 0 radical (unpaired) electrons. The lowest BCUT2D eigenvalue weighted by Crippen LogP contribution is -2.40. The van der Waals surface area contributed by atoms with Crippen molar-refractivity contribution in [2.75, 3.05) is 19.9 Å². The van der Waals surface area contributed by atoms with Gasteiger partial charge in [-0.15, -0.1) is 0 Å². The number of ether oxygens (including phenoxy) is 3. The van der Waals surface area contributed by atoms with Gasteiger partial charge in [-0.2, -0.15) is 0 Å². The SMILES string of the molecule is CCC(CN)C(=O)OCOC(=O)C(C)(C)Oc1ccc(CCNC(=O)c2ccc(Cl)cc2)cc1. The lowest BCUT2D eigenvalue weighted by atomic mass is 10.1. The molecular formula is C25H31ClN2O6. The Bertz CT molecular complexity index is 956. The Balaban J connectivity index is 1.78. The molecule has 1 unspecified atom stereocenters. The standard InChI is InChI=1S/C25H31ClN2O6/c1-4-18(15-27)23(30)32-16-33-24(31)25(2,3)34-21-11-5-17(6-12-21)13-14-28-22(29)19-7-9-20(26)10-8-19/h5-12,18H,4,13-16,27H2,1-3H3,(H,28,29). The van der Waals surface area contributed by atoms with E-state index in [1.54, 1.807) is 50.2 Å². The average Bonchev–Trinajstić information content (AvgIpc) is 2.81. The van der Waals surface area contributed by atoms with E-state index in [1.807, 2.05) is 19.1 Å². The van der Waals surface area contributed by atoms with Crippen molar-refractivity contribution >= 4 is 29.4 Å². The van der Waals surface area contributed by atoms with Gasteiger partial charge in [0.05, 0.1) is 5.92 Å². The van der Waals surface area contributed by atoms with Crippen LogP contribution in [0.1, 0.15) is 43.1 Å². The van der Waals surface area contributed by atoms with Crippen LogP contribution in [-0.2, 0) is 25.5 Å². The van der Waals surface area contributed by atoms with Gasteiger partial charge in [0.2, 0.25) is 6.79 Å². The molecule has 184 valence electrons. The first-order valence-corrected chi connectivity index (χ1v) is 11.4. The van der Waals surface area contributed by atoms with Gasteiger partial charge in [-0.3, -0.25) is 9.59 Å². The molecule has 3 N–H and O–H groups in total. The van der Waals surface area contributed by atoms with Crippen LogP contribution >= 0.6 is 11.6 Å². The molecule has 0 spiro atoms. The zero-order valence-electron chi connectivity index (χ0n) is 19.6. The maximum atomic E-state index is 12.4. The fraction of sp³-hybridized carbons (Fsp3) is 0.400. The van der Waals surface area contributed by atoms with Crippen LogP contribution in [-0.4, -0.2) is 43.3 Å². The number of halogens is 1. The van der Waals surface area contributed by atoms with Gasteiger partial charge in [0, 0.05) is 23.7 Å². The van der Waals surface area contributed by atoms with E-state index in [2.05, 4.69) is 5.32 Å². The van der Waals surface area contributed by atoms with Gasteiger partial charge in [0.25, 0.3) is 5.91 Å². The van der Waals surface area contributed by atoms with Gasteiger partial charge < -0.3 is 25.3 Å². The average molecular weight is 491 g/mol. The van der Waals surface area contributed by atoms with E-state index in [1.165, 1.54) is 0 Å². The van der Waals surface area contributed by atoms with Crippen LogP contribution in [0.2, 0.25) is 5.02 Å². The minimum absolute atomic E-state index is 0.169. The predicted molar refractivity (Wildman–Crippen MR) is 129 cm³/mol. The smallest absolute Gasteiger partial charge is 0.352 e. The van der Waals surface area contributed by atoms with Crippen molar-refractivity contribution in [2.24, 2.45) is 11.7 Å². The third-order valence-electron chi connectivity index (χ3n) is 5.10. The van der Waals surface area contributed by atoms with Gasteiger partial charge in [0.15, 0.2) is 5.60 Å². The molecule has 2 rings (SSSR count). The first-order chi connectivity index (χ1) is 16.2. The number of rotatable bonds is 12. The summed E-state index contributed by atoms with van der Waals surface area (Å²) in [6, 6.07) is 13.9. The van der Waals surface area contributed by atoms with Crippen LogP contribution in [0.4, 0.5) is 0 Å². The van der Waals surface area contributed by atoms with Crippen molar-refractivity contribution in [1.82, 2.24) is 5.32 Å². The van der Waals surface area contributed by atoms with Crippen LogP contribution < -0.4 is 15.8 Å². The van der Waals surface area contributed by atoms with Crippen molar-refractivity contribution < 1.29 is 28.6 Å². The Kier molecular flexibility index (Phi) is 10.3. The Morgan fingerprint density at radius 2 is 1.68 bits per heavy atom. The summed E-state index contributed by atoms with van der Waals surface area (Å²) >= 11 is 5.84. The molecule has 0 aromatic heterocycles. The monoisotopic (exact) mass is 490 g/mol. The van der Waals surface area contributed by atoms with Crippen LogP contribution in [0.3, 0.4) is 0 Å². The Morgan fingerprint density at radius 3 is 2.26 bits per heavy atom. The van der Waals surface area contributed by atoms with E-state index in [-0.39, 0.29) is 12.5 Å². The van der Waals surface area contributed by atoms with E-state index in [4.69, 9.17) is 31.5 Å². The van der Waals surface area contributed by atoms with E-state index >= 15 is 0 Å². The molecule has 1 amide bonds. The molecule has 34 heavy (non-hydrogen) atoms. The third kappa shape index (κ3) is 8.35. The highest BCUT2D eigenvalue weighted by Gasteiger charge is 2.32. The lowest BCUT2D eigenvalue weighted by molar-refractivity contribution is -0.179. The second-order valence-electron chi connectivity index (χ2n) is 8.12. The fourth-order valence-electron chi connectivity index (χ4n) is 2.95. The van der Waals surface area contributed by atoms with Gasteiger partial charge in [-0.1, -0.05) is 30.7 Å². The van der Waals surface area contributed by atoms with Crippen molar-refractivity contribution in [2.45, 2.75) is 39.2 Å². The minimum atomic E-state index is -1.29. The number of hydrogen-bond acceptors (Lipinski definition) is 7. The molecule has 0 aliphatic rings. The van der Waals surface area contributed by atoms with Gasteiger partial charge >= 0.3 is 11.9 Å². The number of amides is 1. The molecule has 1 atom stereocenters. The van der Waals surface area contributed by atoms with Gasteiger partial charge in [0.1, 0.15) is 5.75 Å². The quantitative estimate of drug-likeness (QED) is 0.345. The number of carbonyl (C=O) groups excluding carboxylic acids is 3. The van der Waals surface area contributed by atoms with Crippen LogP contribution in [0, 0.1) is 5.92 Å². The summed E-state index contributed by atoms with van der Waals surface area (Å²) in [5.41, 5.74) is 5.74. The summed E-state index contributed by atoms with van der Waals surface area (Å²) < 4.78 is 15.7. The molecule has 0 aliphatic heterocycles. The van der Waals surface area contributed by atoms with Crippen LogP contribution in [0.25, 0.3) is 0 Å². The number of nitrogens with one attached hydrogen (secondary N) is 1. The molecule has 2 aromatic rings.